The van der Waals surface area contributed by atoms with Crippen LogP contribution in [0.2, 0.25) is 5.02 Å². The van der Waals surface area contributed by atoms with Crippen LogP contribution in [-0.2, 0) is 22.7 Å². The van der Waals surface area contributed by atoms with Crippen LogP contribution in [0.25, 0.3) is 11.4 Å². The molecule has 40 heavy (non-hydrogen) atoms. The number of aromatic nitrogens is 4. The largest absolute Gasteiger partial charge is 0.464 e. The lowest BCUT2D eigenvalue weighted by Crippen LogP contribution is -2.45. The predicted octanol–water partition coefficient (Wildman–Crippen LogP) is 5.12. The summed E-state index contributed by atoms with van der Waals surface area (Å²) in [6.45, 7) is 1.58. The highest BCUT2D eigenvalue weighted by molar-refractivity contribution is 6.30. The average molecular weight is 559 g/mol. The number of nitrogens with one attached hydrogen (secondary N) is 1. The fourth-order valence-electron chi connectivity index (χ4n) is 4.11. The maximum Gasteiger partial charge on any atom is 0.251 e. The molecule has 2 aromatic heterocycles. The average Bonchev–Trinajstić information content (AvgIpc) is 3.61. The van der Waals surface area contributed by atoms with Crippen molar-refractivity contribution in [3.63, 3.8) is 0 Å². The zero-order valence-electron chi connectivity index (χ0n) is 21.4. The number of carbonyl (C=O) groups excluding carboxylic acids is 2. The van der Waals surface area contributed by atoms with E-state index in [1.807, 2.05) is 6.07 Å². The van der Waals surface area contributed by atoms with E-state index in [4.69, 9.17) is 16.0 Å². The first kappa shape index (κ1) is 26.8. The number of tetrazole rings is 1. The van der Waals surface area contributed by atoms with Gasteiger partial charge in [-0.1, -0.05) is 41.9 Å². The molecule has 0 spiro atoms. The molecule has 3 aromatic carbocycles. The first-order valence-corrected chi connectivity index (χ1v) is 12.7. The number of halogens is 2. The highest BCUT2D eigenvalue weighted by Gasteiger charge is 2.35. The molecule has 2 amide bonds. The minimum Gasteiger partial charge on any atom is -0.464 e. The highest BCUT2D eigenvalue weighted by Crippen LogP contribution is 2.30. The molecule has 0 radical (unpaired) electrons. The number of carbonyl (C=O) groups is 2. The molecular weight excluding hydrogens is 535 g/mol. The van der Waals surface area contributed by atoms with Crippen molar-refractivity contribution in [1.82, 2.24) is 25.5 Å². The number of aryl methyl sites for hydroxylation is 1. The predicted molar refractivity (Wildman–Crippen MR) is 147 cm³/mol. The van der Waals surface area contributed by atoms with E-state index in [0.717, 1.165) is 0 Å². The molecule has 2 heterocycles. The fourth-order valence-corrected chi connectivity index (χ4v) is 4.24. The van der Waals surface area contributed by atoms with Crippen LogP contribution in [0.15, 0.2) is 95.4 Å². The van der Waals surface area contributed by atoms with Crippen LogP contribution in [0.3, 0.4) is 0 Å². The van der Waals surface area contributed by atoms with Gasteiger partial charge in [0.15, 0.2) is 6.04 Å². The second kappa shape index (κ2) is 11.9. The molecule has 0 bridgehead atoms. The standard InChI is InChI=1S/C29H24ClFN6O3/c1-19-7-16-25(40-19)27(29(39)32-17-20-8-14-23(31)15-9-20)37(24-5-3-2-4-6-24)26(38)18-36-34-28(33-35-36)21-10-12-22(30)13-11-21/h2-16,27H,17-18H2,1H3,(H,32,39). The van der Waals surface area contributed by atoms with E-state index >= 15 is 0 Å². The van der Waals surface area contributed by atoms with Crippen molar-refractivity contribution < 1.29 is 18.4 Å². The lowest BCUT2D eigenvalue weighted by atomic mass is 10.1. The Morgan fingerprint density at radius 3 is 2.40 bits per heavy atom. The second-order valence-electron chi connectivity index (χ2n) is 8.94. The second-order valence-corrected chi connectivity index (χ2v) is 9.38. The molecule has 1 unspecified atom stereocenters. The van der Waals surface area contributed by atoms with Crippen LogP contribution in [0.5, 0.6) is 0 Å². The van der Waals surface area contributed by atoms with Gasteiger partial charge >= 0.3 is 0 Å². The maximum atomic E-state index is 13.9. The molecule has 202 valence electrons. The molecule has 1 atom stereocenters. The molecule has 1 N–H and O–H groups in total. The smallest absolute Gasteiger partial charge is 0.251 e. The molecule has 0 aliphatic heterocycles. The van der Waals surface area contributed by atoms with Crippen LogP contribution < -0.4 is 10.2 Å². The topological polar surface area (TPSA) is 106 Å². The molecule has 9 nitrogen and oxygen atoms in total. The summed E-state index contributed by atoms with van der Waals surface area (Å²) in [5, 5.41) is 15.9. The van der Waals surface area contributed by atoms with Gasteiger partial charge in [-0.15, -0.1) is 10.2 Å². The monoisotopic (exact) mass is 558 g/mol. The molecule has 5 rings (SSSR count). The fraction of sp³-hybridized carbons (Fsp3) is 0.138. The number of hydrogen-bond donors (Lipinski definition) is 1. The number of nitrogens with zero attached hydrogens (tertiary/aromatic N) is 5. The van der Waals surface area contributed by atoms with Gasteiger partial charge in [0.25, 0.3) is 11.8 Å². The van der Waals surface area contributed by atoms with Crippen molar-refractivity contribution in [1.29, 1.82) is 0 Å². The lowest BCUT2D eigenvalue weighted by Gasteiger charge is -2.29. The molecule has 0 aliphatic rings. The third-order valence-corrected chi connectivity index (χ3v) is 6.30. The van der Waals surface area contributed by atoms with Gasteiger partial charge in [-0.3, -0.25) is 14.5 Å². The molecule has 0 aliphatic carbocycles. The van der Waals surface area contributed by atoms with Gasteiger partial charge in [0.05, 0.1) is 0 Å². The molecular formula is C29H24ClFN6O3. The summed E-state index contributed by atoms with van der Waals surface area (Å²) in [5.41, 5.74) is 1.86. The van der Waals surface area contributed by atoms with Crippen molar-refractivity contribution in [3.05, 3.63) is 119 Å². The van der Waals surface area contributed by atoms with Gasteiger partial charge in [0.1, 0.15) is 23.9 Å². The van der Waals surface area contributed by atoms with Gasteiger partial charge < -0.3 is 9.73 Å². The Bertz CT molecular complexity index is 1600. The summed E-state index contributed by atoms with van der Waals surface area (Å²) in [6, 6.07) is 23.7. The third-order valence-electron chi connectivity index (χ3n) is 6.05. The van der Waals surface area contributed by atoms with Crippen LogP contribution in [0.4, 0.5) is 10.1 Å². The minimum atomic E-state index is -1.15. The first-order chi connectivity index (χ1) is 19.4. The Balaban J connectivity index is 1.45. The number of anilines is 1. The first-order valence-electron chi connectivity index (χ1n) is 12.4. The van der Waals surface area contributed by atoms with E-state index < -0.39 is 17.9 Å². The number of rotatable bonds is 9. The summed E-state index contributed by atoms with van der Waals surface area (Å²) in [4.78, 5) is 30.1. The normalized spacial score (nSPS) is 11.7. The lowest BCUT2D eigenvalue weighted by molar-refractivity contribution is -0.127. The molecule has 0 saturated carbocycles. The molecule has 0 fully saturated rings. The minimum absolute atomic E-state index is 0.126. The SMILES string of the molecule is Cc1ccc(C(C(=O)NCc2ccc(F)cc2)N(C(=O)Cn2nnc(-c3ccc(Cl)cc3)n2)c2ccccc2)o1. The summed E-state index contributed by atoms with van der Waals surface area (Å²) >= 11 is 5.97. The van der Waals surface area contributed by atoms with Gasteiger partial charge in [0.2, 0.25) is 5.82 Å². The van der Waals surface area contributed by atoms with E-state index in [-0.39, 0.29) is 24.7 Å². The Morgan fingerprint density at radius 1 is 1.00 bits per heavy atom. The van der Waals surface area contributed by atoms with Gasteiger partial charge in [-0.25, -0.2) is 4.39 Å². The summed E-state index contributed by atoms with van der Waals surface area (Å²) in [7, 11) is 0. The zero-order valence-corrected chi connectivity index (χ0v) is 22.1. The Hall–Kier alpha value is -4.83. The van der Waals surface area contributed by atoms with Crippen LogP contribution >= 0.6 is 11.6 Å². The van der Waals surface area contributed by atoms with Crippen LogP contribution in [-0.4, -0.2) is 32.0 Å². The highest BCUT2D eigenvalue weighted by atomic mass is 35.5. The van der Waals surface area contributed by atoms with Crippen molar-refractivity contribution in [2.45, 2.75) is 26.1 Å². The number of amides is 2. The van der Waals surface area contributed by atoms with Crippen LogP contribution in [0, 0.1) is 12.7 Å². The van der Waals surface area contributed by atoms with E-state index in [1.54, 1.807) is 79.7 Å². The van der Waals surface area contributed by atoms with Gasteiger partial charge in [-0.2, -0.15) is 4.80 Å². The number of furan rings is 1. The Labute approximate surface area is 234 Å². The van der Waals surface area contributed by atoms with Crippen molar-refractivity contribution in [2.24, 2.45) is 0 Å². The Morgan fingerprint density at radius 2 is 1.73 bits per heavy atom. The molecule has 11 heteroatoms. The van der Waals surface area contributed by atoms with E-state index in [9.17, 15) is 14.0 Å². The van der Waals surface area contributed by atoms with Crippen LogP contribution in [0.1, 0.15) is 23.1 Å². The van der Waals surface area contributed by atoms with E-state index in [0.29, 0.717) is 33.4 Å². The third kappa shape index (κ3) is 6.24. The quantitative estimate of drug-likeness (QED) is 0.269. The van der Waals surface area contributed by atoms with Gasteiger partial charge in [0, 0.05) is 22.8 Å². The van der Waals surface area contributed by atoms with E-state index in [2.05, 4.69) is 20.7 Å². The van der Waals surface area contributed by atoms with Gasteiger partial charge in [-0.05, 0) is 78.4 Å². The molecule has 0 saturated heterocycles. The number of para-hydroxylation sites is 1. The maximum absolute atomic E-state index is 13.9. The van der Waals surface area contributed by atoms with Crippen molar-refractivity contribution in [2.75, 3.05) is 4.90 Å². The summed E-state index contributed by atoms with van der Waals surface area (Å²) in [6.07, 6.45) is 0. The van der Waals surface area contributed by atoms with Crippen molar-refractivity contribution in [3.8, 4) is 11.4 Å². The summed E-state index contributed by atoms with van der Waals surface area (Å²) < 4.78 is 19.2. The Kier molecular flexibility index (Phi) is 7.97. The summed E-state index contributed by atoms with van der Waals surface area (Å²) in [5.74, 6) is -0.143. The number of benzene rings is 3. The zero-order chi connectivity index (χ0) is 28.1. The molecule has 5 aromatic rings. The van der Waals surface area contributed by atoms with E-state index in [1.165, 1.54) is 21.8 Å². The number of hydrogen-bond acceptors (Lipinski definition) is 6. The van der Waals surface area contributed by atoms with Crippen molar-refractivity contribution >= 4 is 29.1 Å².